The minimum atomic E-state index is -0.0677. The molecule has 1 aromatic carbocycles. The van der Waals surface area contributed by atoms with E-state index < -0.39 is 0 Å². The van der Waals surface area contributed by atoms with Crippen LogP contribution < -0.4 is 10.6 Å². The third-order valence-electron chi connectivity index (χ3n) is 3.86. The minimum absolute atomic E-state index is 0.0677. The van der Waals surface area contributed by atoms with Crippen LogP contribution >= 0.6 is 0 Å². The second-order valence-electron chi connectivity index (χ2n) is 5.41. The summed E-state index contributed by atoms with van der Waals surface area (Å²) in [6.45, 7) is 2.79. The fourth-order valence-corrected chi connectivity index (χ4v) is 2.68. The highest BCUT2D eigenvalue weighted by Crippen LogP contribution is 2.12. The number of benzene rings is 1. The van der Waals surface area contributed by atoms with E-state index in [9.17, 15) is 4.79 Å². The molecule has 0 aliphatic carbocycles. The molecule has 2 N–H and O–H groups in total. The first kappa shape index (κ1) is 13.8. The SMILES string of the molecule is O=C(NCC1CCCNC1)c1cncn1-c1ccccc1. The summed E-state index contributed by atoms with van der Waals surface area (Å²) in [5, 5.41) is 6.39. The van der Waals surface area contributed by atoms with E-state index in [-0.39, 0.29) is 5.91 Å². The zero-order chi connectivity index (χ0) is 14.5. The van der Waals surface area contributed by atoms with E-state index in [1.807, 2.05) is 34.9 Å². The molecular formula is C16H20N4O. The molecule has 1 fully saturated rings. The van der Waals surface area contributed by atoms with Crippen LogP contribution in [0.1, 0.15) is 23.3 Å². The van der Waals surface area contributed by atoms with Gasteiger partial charge in [0.15, 0.2) is 0 Å². The molecule has 3 rings (SSSR count). The van der Waals surface area contributed by atoms with Gasteiger partial charge in [-0.3, -0.25) is 9.36 Å². The molecule has 1 aliphatic heterocycles. The number of para-hydroxylation sites is 1. The van der Waals surface area contributed by atoms with E-state index in [1.54, 1.807) is 12.5 Å². The molecule has 110 valence electrons. The highest BCUT2D eigenvalue weighted by Gasteiger charge is 2.17. The molecule has 2 aromatic rings. The quantitative estimate of drug-likeness (QED) is 0.896. The smallest absolute Gasteiger partial charge is 0.269 e. The number of hydrogen-bond acceptors (Lipinski definition) is 3. The predicted octanol–water partition coefficient (Wildman–Crippen LogP) is 1.60. The Bertz CT molecular complexity index is 587. The first-order valence-corrected chi connectivity index (χ1v) is 7.41. The van der Waals surface area contributed by atoms with E-state index >= 15 is 0 Å². The molecule has 1 saturated heterocycles. The van der Waals surface area contributed by atoms with Crippen molar-refractivity contribution in [1.29, 1.82) is 0 Å². The summed E-state index contributed by atoms with van der Waals surface area (Å²) in [5.41, 5.74) is 1.52. The van der Waals surface area contributed by atoms with Crippen LogP contribution in [0.3, 0.4) is 0 Å². The number of imidazole rings is 1. The van der Waals surface area contributed by atoms with Crippen LogP contribution in [-0.4, -0.2) is 35.1 Å². The topological polar surface area (TPSA) is 59.0 Å². The average molecular weight is 284 g/mol. The Morgan fingerprint density at radius 1 is 1.38 bits per heavy atom. The summed E-state index contributed by atoms with van der Waals surface area (Å²) in [6, 6.07) is 9.78. The number of amides is 1. The maximum absolute atomic E-state index is 12.4. The average Bonchev–Trinajstić information content (AvgIpc) is 3.04. The lowest BCUT2D eigenvalue weighted by Crippen LogP contribution is -2.38. The molecule has 2 heterocycles. The third kappa shape index (κ3) is 3.31. The molecule has 21 heavy (non-hydrogen) atoms. The molecule has 0 saturated carbocycles. The molecule has 5 heteroatoms. The van der Waals surface area contributed by atoms with Crippen LogP contribution in [0.2, 0.25) is 0 Å². The fourth-order valence-electron chi connectivity index (χ4n) is 2.68. The Kier molecular flexibility index (Phi) is 4.31. The standard InChI is InChI=1S/C16H20N4O/c21-16(19-10-13-5-4-8-17-9-13)15-11-18-12-20(15)14-6-2-1-3-7-14/h1-3,6-7,11-13,17H,4-5,8-10H2,(H,19,21). The van der Waals surface area contributed by atoms with E-state index in [4.69, 9.17) is 0 Å². The third-order valence-corrected chi connectivity index (χ3v) is 3.86. The maximum Gasteiger partial charge on any atom is 0.269 e. The highest BCUT2D eigenvalue weighted by atomic mass is 16.1. The van der Waals surface area contributed by atoms with Gasteiger partial charge in [0.2, 0.25) is 0 Å². The van der Waals surface area contributed by atoms with Gasteiger partial charge in [0, 0.05) is 12.2 Å². The number of nitrogens with zero attached hydrogens (tertiary/aromatic N) is 2. The van der Waals surface area contributed by atoms with Gasteiger partial charge in [0.25, 0.3) is 5.91 Å². The first-order valence-electron chi connectivity index (χ1n) is 7.41. The molecule has 0 bridgehead atoms. The van der Waals surface area contributed by atoms with Crippen molar-refractivity contribution < 1.29 is 4.79 Å². The van der Waals surface area contributed by atoms with Crippen molar-refractivity contribution in [2.24, 2.45) is 5.92 Å². The van der Waals surface area contributed by atoms with Gasteiger partial charge >= 0.3 is 0 Å². The highest BCUT2D eigenvalue weighted by molar-refractivity contribution is 5.93. The molecule has 0 radical (unpaired) electrons. The lowest BCUT2D eigenvalue weighted by Gasteiger charge is -2.22. The predicted molar refractivity (Wildman–Crippen MR) is 81.5 cm³/mol. The van der Waals surface area contributed by atoms with E-state index in [2.05, 4.69) is 15.6 Å². The van der Waals surface area contributed by atoms with Crippen molar-refractivity contribution in [2.75, 3.05) is 19.6 Å². The molecule has 1 aliphatic rings. The Hall–Kier alpha value is -2.14. The van der Waals surface area contributed by atoms with Crippen LogP contribution in [0.4, 0.5) is 0 Å². The van der Waals surface area contributed by atoms with E-state index in [1.165, 1.54) is 12.8 Å². The van der Waals surface area contributed by atoms with Crippen LogP contribution in [0.5, 0.6) is 0 Å². The van der Waals surface area contributed by atoms with Crippen molar-refractivity contribution in [2.45, 2.75) is 12.8 Å². The zero-order valence-corrected chi connectivity index (χ0v) is 12.0. The van der Waals surface area contributed by atoms with Gasteiger partial charge in [-0.05, 0) is 44.0 Å². The Balaban J connectivity index is 1.66. The zero-order valence-electron chi connectivity index (χ0n) is 12.0. The number of nitrogens with one attached hydrogen (secondary N) is 2. The van der Waals surface area contributed by atoms with Gasteiger partial charge in [0.05, 0.1) is 12.5 Å². The number of rotatable bonds is 4. The second kappa shape index (κ2) is 6.54. The minimum Gasteiger partial charge on any atom is -0.350 e. The van der Waals surface area contributed by atoms with Gasteiger partial charge in [-0.15, -0.1) is 0 Å². The fraction of sp³-hybridized carbons (Fsp3) is 0.375. The summed E-state index contributed by atoms with van der Waals surface area (Å²) in [5.74, 6) is 0.456. The molecular weight excluding hydrogens is 264 g/mol. The number of aromatic nitrogens is 2. The van der Waals surface area contributed by atoms with E-state index in [0.29, 0.717) is 18.2 Å². The molecule has 5 nitrogen and oxygen atoms in total. The van der Waals surface area contributed by atoms with Crippen LogP contribution in [0.15, 0.2) is 42.9 Å². The van der Waals surface area contributed by atoms with Crippen LogP contribution in [-0.2, 0) is 0 Å². The molecule has 1 aromatic heterocycles. The van der Waals surface area contributed by atoms with Gasteiger partial charge in [-0.1, -0.05) is 18.2 Å². The van der Waals surface area contributed by atoms with Crippen molar-refractivity contribution in [3.63, 3.8) is 0 Å². The van der Waals surface area contributed by atoms with E-state index in [0.717, 1.165) is 18.8 Å². The number of carbonyl (C=O) groups excluding carboxylic acids is 1. The summed E-state index contributed by atoms with van der Waals surface area (Å²) in [7, 11) is 0. The molecule has 0 spiro atoms. The summed E-state index contributed by atoms with van der Waals surface area (Å²) < 4.78 is 1.81. The molecule has 1 atom stereocenters. The summed E-state index contributed by atoms with van der Waals surface area (Å²) >= 11 is 0. The van der Waals surface area contributed by atoms with Gasteiger partial charge in [-0.2, -0.15) is 0 Å². The lowest BCUT2D eigenvalue weighted by atomic mass is 10.00. The first-order chi connectivity index (χ1) is 10.3. The lowest BCUT2D eigenvalue weighted by molar-refractivity contribution is 0.0938. The van der Waals surface area contributed by atoms with Crippen LogP contribution in [0.25, 0.3) is 5.69 Å². The number of carbonyl (C=O) groups is 1. The van der Waals surface area contributed by atoms with Crippen molar-refractivity contribution in [3.8, 4) is 5.69 Å². The Labute approximate surface area is 124 Å². The van der Waals surface area contributed by atoms with Gasteiger partial charge in [0.1, 0.15) is 5.69 Å². The van der Waals surface area contributed by atoms with Crippen molar-refractivity contribution in [3.05, 3.63) is 48.5 Å². The second-order valence-corrected chi connectivity index (χ2v) is 5.41. The molecule has 1 amide bonds. The van der Waals surface area contributed by atoms with Gasteiger partial charge in [-0.25, -0.2) is 4.98 Å². The maximum atomic E-state index is 12.4. The summed E-state index contributed by atoms with van der Waals surface area (Å²) in [6.07, 6.45) is 5.64. The van der Waals surface area contributed by atoms with Crippen molar-refractivity contribution >= 4 is 5.91 Å². The van der Waals surface area contributed by atoms with Gasteiger partial charge < -0.3 is 10.6 Å². The Morgan fingerprint density at radius 3 is 3.00 bits per heavy atom. The normalized spacial score (nSPS) is 18.4. The number of piperidine rings is 1. The Morgan fingerprint density at radius 2 is 2.24 bits per heavy atom. The summed E-state index contributed by atoms with van der Waals surface area (Å²) in [4.78, 5) is 16.5. The number of hydrogen-bond donors (Lipinski definition) is 2. The van der Waals surface area contributed by atoms with Crippen molar-refractivity contribution in [1.82, 2.24) is 20.2 Å². The largest absolute Gasteiger partial charge is 0.350 e. The monoisotopic (exact) mass is 284 g/mol. The van der Waals surface area contributed by atoms with Crippen LogP contribution in [0, 0.1) is 5.92 Å². The molecule has 1 unspecified atom stereocenters.